The van der Waals surface area contributed by atoms with Gasteiger partial charge in [-0.25, -0.2) is 0 Å². The average molecular weight is 285 g/mol. The highest BCUT2D eigenvalue weighted by molar-refractivity contribution is 5.17. The maximum atomic E-state index is 6.19. The minimum absolute atomic E-state index is 0.256. The molecule has 4 atom stereocenters. The fourth-order valence-corrected chi connectivity index (χ4v) is 3.41. The van der Waals surface area contributed by atoms with Gasteiger partial charge < -0.3 is 15.0 Å². The summed E-state index contributed by atoms with van der Waals surface area (Å²) in [5.74, 6) is 1.57. The fourth-order valence-electron chi connectivity index (χ4n) is 3.41. The average Bonchev–Trinajstić information content (AvgIpc) is 3.24. The Balaban J connectivity index is 1.47. The molecule has 2 bridgehead atoms. The summed E-state index contributed by atoms with van der Waals surface area (Å²) in [7, 11) is 0. The number of hydrogen-bond donors (Lipinski definition) is 1. The van der Waals surface area contributed by atoms with E-state index in [9.17, 15) is 0 Å². The van der Waals surface area contributed by atoms with Gasteiger partial charge >= 0.3 is 0 Å². The van der Waals surface area contributed by atoms with Crippen LogP contribution in [0.15, 0.2) is 34.9 Å². The van der Waals surface area contributed by atoms with Gasteiger partial charge in [-0.3, -0.25) is 0 Å². The first kappa shape index (κ1) is 13.0. The highest BCUT2D eigenvalue weighted by Gasteiger charge is 2.43. The Morgan fingerprint density at radius 1 is 1.24 bits per heavy atom. The molecule has 0 saturated carbocycles. The predicted molar refractivity (Wildman–Crippen MR) is 76.6 cm³/mol. The molecule has 2 N–H and O–H groups in total. The van der Waals surface area contributed by atoms with Crippen molar-refractivity contribution in [1.82, 2.24) is 10.1 Å². The molecule has 5 nitrogen and oxygen atoms in total. The summed E-state index contributed by atoms with van der Waals surface area (Å²) >= 11 is 0. The molecule has 110 valence electrons. The Morgan fingerprint density at radius 2 is 2.10 bits per heavy atom. The van der Waals surface area contributed by atoms with Gasteiger partial charge in [0.05, 0.1) is 24.2 Å². The van der Waals surface area contributed by atoms with Crippen LogP contribution in [-0.4, -0.2) is 22.3 Å². The van der Waals surface area contributed by atoms with Crippen LogP contribution in [0.3, 0.4) is 0 Å². The highest BCUT2D eigenvalue weighted by Crippen LogP contribution is 2.43. The topological polar surface area (TPSA) is 74.2 Å². The number of rotatable bonds is 4. The van der Waals surface area contributed by atoms with Crippen LogP contribution in [0.1, 0.15) is 48.5 Å². The number of ether oxygens (including phenoxy) is 1. The number of nitrogens with zero attached hydrogens (tertiary/aromatic N) is 2. The van der Waals surface area contributed by atoms with Crippen molar-refractivity contribution in [3.63, 3.8) is 0 Å². The van der Waals surface area contributed by atoms with Gasteiger partial charge in [0.1, 0.15) is 0 Å². The van der Waals surface area contributed by atoms with Gasteiger partial charge in [0, 0.05) is 0 Å². The first-order chi connectivity index (χ1) is 10.3. The lowest BCUT2D eigenvalue weighted by molar-refractivity contribution is 0.0996. The molecule has 2 saturated heterocycles. The third-order valence-electron chi connectivity index (χ3n) is 4.51. The van der Waals surface area contributed by atoms with Crippen molar-refractivity contribution in [1.29, 1.82) is 0 Å². The van der Waals surface area contributed by atoms with Crippen LogP contribution in [0, 0.1) is 0 Å². The minimum Gasteiger partial charge on any atom is -0.374 e. The van der Waals surface area contributed by atoms with Gasteiger partial charge in [-0.05, 0) is 31.2 Å². The second-order valence-electron chi connectivity index (χ2n) is 6.00. The first-order valence-corrected chi connectivity index (χ1v) is 7.58. The monoisotopic (exact) mass is 285 g/mol. The number of fused-ring (bicyclic) bond motifs is 2. The van der Waals surface area contributed by atoms with Crippen molar-refractivity contribution in [3.05, 3.63) is 47.6 Å². The lowest BCUT2D eigenvalue weighted by atomic mass is 9.89. The Labute approximate surface area is 123 Å². The van der Waals surface area contributed by atoms with E-state index in [0.29, 0.717) is 18.4 Å². The van der Waals surface area contributed by atoms with Crippen LogP contribution in [-0.2, 0) is 11.2 Å². The maximum Gasteiger partial charge on any atom is 0.243 e. The highest BCUT2D eigenvalue weighted by atomic mass is 16.5. The van der Waals surface area contributed by atoms with Gasteiger partial charge in [-0.2, -0.15) is 4.98 Å². The Hall–Kier alpha value is -1.72. The molecule has 4 rings (SSSR count). The molecule has 21 heavy (non-hydrogen) atoms. The smallest absolute Gasteiger partial charge is 0.243 e. The van der Waals surface area contributed by atoms with Gasteiger partial charge in [-0.15, -0.1) is 0 Å². The van der Waals surface area contributed by atoms with Crippen LogP contribution < -0.4 is 5.73 Å². The van der Waals surface area contributed by atoms with Crippen molar-refractivity contribution in [3.8, 4) is 0 Å². The Kier molecular flexibility index (Phi) is 3.24. The van der Waals surface area contributed by atoms with Crippen molar-refractivity contribution in [2.45, 2.75) is 49.9 Å². The molecule has 2 aliphatic rings. The zero-order valence-corrected chi connectivity index (χ0v) is 11.8. The van der Waals surface area contributed by atoms with Crippen LogP contribution in [0.4, 0.5) is 0 Å². The van der Waals surface area contributed by atoms with Crippen molar-refractivity contribution >= 4 is 0 Å². The Bertz CT molecular complexity index is 613. The molecule has 2 aromatic rings. The van der Waals surface area contributed by atoms with E-state index in [0.717, 1.165) is 18.7 Å². The van der Waals surface area contributed by atoms with Gasteiger partial charge in [0.15, 0.2) is 5.82 Å². The normalized spacial score (nSPS) is 28.9. The molecule has 0 radical (unpaired) electrons. The van der Waals surface area contributed by atoms with Gasteiger partial charge in [0.2, 0.25) is 5.89 Å². The number of nitrogens with two attached hydrogens (primary N) is 1. The predicted octanol–water partition coefficient (Wildman–Crippen LogP) is 2.35. The number of aromatic nitrogens is 2. The molecule has 2 aliphatic heterocycles. The molecule has 0 spiro atoms. The molecule has 1 aromatic heterocycles. The van der Waals surface area contributed by atoms with Crippen LogP contribution in [0.5, 0.6) is 0 Å². The molecular weight excluding hydrogens is 266 g/mol. The van der Waals surface area contributed by atoms with E-state index in [1.807, 2.05) is 18.2 Å². The second kappa shape index (κ2) is 5.24. The molecule has 5 heteroatoms. The molecule has 0 amide bonds. The fraction of sp³-hybridized carbons (Fsp3) is 0.500. The lowest BCUT2D eigenvalue weighted by Crippen LogP contribution is -2.17. The zero-order valence-electron chi connectivity index (χ0n) is 11.8. The van der Waals surface area contributed by atoms with E-state index < -0.39 is 0 Å². The summed E-state index contributed by atoms with van der Waals surface area (Å²) in [5, 5.41) is 4.13. The number of hydrogen-bond acceptors (Lipinski definition) is 5. The minimum atomic E-state index is -0.256. The first-order valence-electron chi connectivity index (χ1n) is 7.58. The zero-order chi connectivity index (χ0) is 14.2. The summed E-state index contributed by atoms with van der Waals surface area (Å²) in [6.45, 7) is 0. The largest absolute Gasteiger partial charge is 0.374 e. The van der Waals surface area contributed by atoms with E-state index in [2.05, 4.69) is 22.3 Å². The van der Waals surface area contributed by atoms with E-state index in [-0.39, 0.29) is 18.1 Å². The molecule has 0 aliphatic carbocycles. The number of benzene rings is 1. The van der Waals surface area contributed by atoms with Crippen molar-refractivity contribution < 1.29 is 9.26 Å². The summed E-state index contributed by atoms with van der Waals surface area (Å²) in [6.07, 6.45) is 4.65. The summed E-state index contributed by atoms with van der Waals surface area (Å²) in [6, 6.07) is 9.87. The summed E-state index contributed by atoms with van der Waals surface area (Å²) in [4.78, 5) is 4.52. The van der Waals surface area contributed by atoms with E-state index >= 15 is 0 Å². The van der Waals surface area contributed by atoms with Crippen LogP contribution >= 0.6 is 0 Å². The summed E-state index contributed by atoms with van der Waals surface area (Å²) < 4.78 is 11.2. The lowest BCUT2D eigenvalue weighted by Gasteiger charge is -2.13. The third kappa shape index (κ3) is 2.47. The third-order valence-corrected chi connectivity index (χ3v) is 4.51. The van der Waals surface area contributed by atoms with E-state index in [1.165, 1.54) is 12.0 Å². The Morgan fingerprint density at radius 3 is 2.81 bits per heavy atom. The van der Waals surface area contributed by atoms with E-state index in [4.69, 9.17) is 15.0 Å². The maximum absolute atomic E-state index is 6.19. The van der Waals surface area contributed by atoms with E-state index in [1.54, 1.807) is 0 Å². The van der Waals surface area contributed by atoms with Gasteiger partial charge in [-0.1, -0.05) is 35.5 Å². The molecule has 3 heterocycles. The molecule has 2 fully saturated rings. The van der Waals surface area contributed by atoms with Gasteiger partial charge in [0.25, 0.3) is 0 Å². The summed E-state index contributed by atoms with van der Waals surface area (Å²) in [5.41, 5.74) is 7.36. The van der Waals surface area contributed by atoms with Crippen molar-refractivity contribution in [2.24, 2.45) is 5.73 Å². The molecule has 3 unspecified atom stereocenters. The van der Waals surface area contributed by atoms with Crippen LogP contribution in [0.25, 0.3) is 0 Å². The molecular formula is C16H19N3O2. The van der Waals surface area contributed by atoms with Crippen LogP contribution in [0.2, 0.25) is 0 Å². The second-order valence-corrected chi connectivity index (χ2v) is 6.00. The SMILES string of the molecule is N[C@H](Cc1ccccc1)c1nc(C2CC3CCC2O3)no1. The molecule has 1 aromatic carbocycles. The quantitative estimate of drug-likeness (QED) is 0.933. The standard InChI is InChI=1S/C16H19N3O2/c17-13(8-10-4-2-1-3-5-10)16-18-15(19-21-16)12-9-11-6-7-14(12)20-11/h1-5,11-14H,6-9,17H2/t11?,12?,13-,14?/m1/s1. The van der Waals surface area contributed by atoms with Crippen molar-refractivity contribution in [2.75, 3.05) is 0 Å².